The van der Waals surface area contributed by atoms with Crippen molar-refractivity contribution in [3.8, 4) is 17.6 Å². The summed E-state index contributed by atoms with van der Waals surface area (Å²) in [4.78, 5) is 11.2. The number of primary amides is 1. The van der Waals surface area contributed by atoms with E-state index in [2.05, 4.69) is 0 Å². The summed E-state index contributed by atoms with van der Waals surface area (Å²) in [6.07, 6.45) is 0. The van der Waals surface area contributed by atoms with Crippen molar-refractivity contribution in [3.05, 3.63) is 59.7 Å². The molecule has 2 aromatic rings. The Labute approximate surface area is 122 Å². The number of ether oxygens (including phenoxy) is 2. The van der Waals surface area contributed by atoms with Crippen LogP contribution in [-0.4, -0.2) is 19.1 Å². The van der Waals surface area contributed by atoms with Crippen LogP contribution in [0.4, 0.5) is 0 Å². The Morgan fingerprint density at radius 2 is 1.71 bits per heavy atom. The Kier molecular flexibility index (Phi) is 4.78. The van der Waals surface area contributed by atoms with E-state index < -0.39 is 5.91 Å². The minimum atomic E-state index is -0.529. The third-order valence-corrected chi connectivity index (χ3v) is 2.75. The van der Waals surface area contributed by atoms with Crippen LogP contribution < -0.4 is 15.2 Å². The number of hydrogen-bond donors (Lipinski definition) is 1. The zero-order chi connectivity index (χ0) is 15.1. The summed E-state index contributed by atoms with van der Waals surface area (Å²) in [5, 5.41) is 8.69. The van der Waals surface area contributed by atoms with E-state index in [1.54, 1.807) is 48.5 Å². The third-order valence-electron chi connectivity index (χ3n) is 2.75. The highest BCUT2D eigenvalue weighted by Crippen LogP contribution is 2.17. The van der Waals surface area contributed by atoms with Crippen LogP contribution in [-0.2, 0) is 0 Å². The number of carbonyl (C=O) groups excluding carboxylic acids is 1. The van der Waals surface area contributed by atoms with Crippen molar-refractivity contribution in [3.63, 3.8) is 0 Å². The van der Waals surface area contributed by atoms with Gasteiger partial charge in [-0.05, 0) is 36.4 Å². The molecule has 0 aliphatic heterocycles. The summed E-state index contributed by atoms with van der Waals surface area (Å²) >= 11 is 0. The molecule has 0 unspecified atom stereocenters. The van der Waals surface area contributed by atoms with Crippen LogP contribution in [0.25, 0.3) is 0 Å². The van der Waals surface area contributed by atoms with Crippen molar-refractivity contribution < 1.29 is 14.3 Å². The number of nitrogens with two attached hydrogens (primary N) is 1. The fourth-order valence-corrected chi connectivity index (χ4v) is 1.73. The molecule has 5 nitrogen and oxygen atoms in total. The second-order valence-electron chi connectivity index (χ2n) is 4.19. The minimum absolute atomic E-state index is 0.282. The molecule has 0 aliphatic carbocycles. The predicted octanol–water partition coefficient (Wildman–Crippen LogP) is 2.11. The van der Waals surface area contributed by atoms with Gasteiger partial charge in [-0.3, -0.25) is 4.79 Å². The second kappa shape index (κ2) is 6.96. The topological polar surface area (TPSA) is 85.3 Å². The van der Waals surface area contributed by atoms with E-state index in [1.165, 1.54) is 0 Å². The average Bonchev–Trinajstić information content (AvgIpc) is 2.52. The standard InChI is InChI=1S/C16H14N2O3/c17-11-12-5-7-13(8-6-12)20-9-10-21-15-4-2-1-3-14(15)16(18)19/h1-8H,9-10H2,(H2,18,19). The van der Waals surface area contributed by atoms with Crippen LogP contribution >= 0.6 is 0 Å². The Morgan fingerprint density at radius 1 is 1.05 bits per heavy atom. The van der Waals surface area contributed by atoms with E-state index in [9.17, 15) is 4.79 Å². The van der Waals surface area contributed by atoms with Gasteiger partial charge in [-0.15, -0.1) is 0 Å². The van der Waals surface area contributed by atoms with E-state index in [4.69, 9.17) is 20.5 Å². The number of nitrogens with zero attached hydrogens (tertiary/aromatic N) is 1. The van der Waals surface area contributed by atoms with Crippen molar-refractivity contribution in [1.29, 1.82) is 5.26 Å². The molecule has 5 heteroatoms. The van der Waals surface area contributed by atoms with Crippen LogP contribution in [0.15, 0.2) is 48.5 Å². The molecule has 0 spiro atoms. The molecule has 1 amide bonds. The van der Waals surface area contributed by atoms with Gasteiger partial charge >= 0.3 is 0 Å². The molecular weight excluding hydrogens is 268 g/mol. The van der Waals surface area contributed by atoms with Crippen molar-refractivity contribution in [2.75, 3.05) is 13.2 Å². The molecule has 2 aromatic carbocycles. The summed E-state index contributed by atoms with van der Waals surface area (Å²) in [5.74, 6) is 0.563. The maximum absolute atomic E-state index is 11.2. The van der Waals surface area contributed by atoms with Gasteiger partial charge in [-0.2, -0.15) is 5.26 Å². The van der Waals surface area contributed by atoms with Crippen molar-refractivity contribution >= 4 is 5.91 Å². The lowest BCUT2D eigenvalue weighted by molar-refractivity contribution is 0.0995. The summed E-state index contributed by atoms with van der Waals surface area (Å²) < 4.78 is 11.0. The Hall–Kier alpha value is -3.00. The highest BCUT2D eigenvalue weighted by molar-refractivity contribution is 5.95. The fraction of sp³-hybridized carbons (Fsp3) is 0.125. The first-order chi connectivity index (χ1) is 10.2. The Bertz CT molecular complexity index is 660. The monoisotopic (exact) mass is 282 g/mol. The zero-order valence-electron chi connectivity index (χ0n) is 11.3. The molecule has 0 saturated heterocycles. The van der Waals surface area contributed by atoms with E-state index in [-0.39, 0.29) is 6.61 Å². The number of rotatable bonds is 6. The normalized spacial score (nSPS) is 9.67. The van der Waals surface area contributed by atoms with Gasteiger partial charge in [0.15, 0.2) is 0 Å². The molecule has 0 atom stereocenters. The first-order valence-corrected chi connectivity index (χ1v) is 6.35. The fourth-order valence-electron chi connectivity index (χ4n) is 1.73. The lowest BCUT2D eigenvalue weighted by atomic mass is 10.2. The molecule has 0 radical (unpaired) electrons. The van der Waals surface area contributed by atoms with Crippen molar-refractivity contribution in [1.82, 2.24) is 0 Å². The lowest BCUT2D eigenvalue weighted by Gasteiger charge is -2.10. The molecule has 2 N–H and O–H groups in total. The van der Waals surface area contributed by atoms with Gasteiger partial charge in [0, 0.05) is 0 Å². The molecule has 0 bridgehead atoms. The van der Waals surface area contributed by atoms with Crippen LogP contribution in [0.2, 0.25) is 0 Å². The first kappa shape index (κ1) is 14.4. The molecule has 0 fully saturated rings. The number of carbonyl (C=O) groups is 1. The van der Waals surface area contributed by atoms with Crippen LogP contribution in [0.1, 0.15) is 15.9 Å². The third kappa shape index (κ3) is 3.98. The number of hydrogen-bond acceptors (Lipinski definition) is 4. The van der Waals surface area contributed by atoms with E-state index in [0.717, 1.165) is 0 Å². The van der Waals surface area contributed by atoms with Crippen LogP contribution in [0, 0.1) is 11.3 Å². The molecule has 106 valence electrons. The highest BCUT2D eigenvalue weighted by Gasteiger charge is 2.07. The number of para-hydroxylation sites is 1. The average molecular weight is 282 g/mol. The number of amides is 1. The maximum atomic E-state index is 11.2. The second-order valence-corrected chi connectivity index (χ2v) is 4.19. The quantitative estimate of drug-likeness (QED) is 0.822. The minimum Gasteiger partial charge on any atom is -0.490 e. The summed E-state index contributed by atoms with van der Waals surface area (Å²) in [5.41, 5.74) is 6.18. The maximum Gasteiger partial charge on any atom is 0.252 e. The summed E-state index contributed by atoms with van der Waals surface area (Å²) in [6.45, 7) is 0.600. The van der Waals surface area contributed by atoms with Crippen molar-refractivity contribution in [2.45, 2.75) is 0 Å². The van der Waals surface area contributed by atoms with E-state index in [0.29, 0.717) is 29.2 Å². The van der Waals surface area contributed by atoms with Crippen molar-refractivity contribution in [2.24, 2.45) is 5.73 Å². The molecule has 2 rings (SSSR count). The van der Waals surface area contributed by atoms with Gasteiger partial charge in [-0.25, -0.2) is 0 Å². The summed E-state index contributed by atoms with van der Waals surface area (Å²) in [6, 6.07) is 15.6. The molecule has 21 heavy (non-hydrogen) atoms. The predicted molar refractivity (Wildman–Crippen MR) is 77.1 cm³/mol. The zero-order valence-corrected chi connectivity index (χ0v) is 11.3. The van der Waals surface area contributed by atoms with Gasteiger partial charge in [-0.1, -0.05) is 12.1 Å². The smallest absolute Gasteiger partial charge is 0.252 e. The van der Waals surface area contributed by atoms with E-state index in [1.807, 2.05) is 6.07 Å². The molecule has 0 aromatic heterocycles. The highest BCUT2D eigenvalue weighted by atomic mass is 16.5. The van der Waals surface area contributed by atoms with Gasteiger partial charge < -0.3 is 15.2 Å². The van der Waals surface area contributed by atoms with Crippen LogP contribution in [0.3, 0.4) is 0 Å². The first-order valence-electron chi connectivity index (χ1n) is 6.35. The molecule has 0 saturated carbocycles. The molecule has 0 aliphatic rings. The van der Waals surface area contributed by atoms with E-state index >= 15 is 0 Å². The lowest BCUT2D eigenvalue weighted by Crippen LogP contribution is -2.15. The van der Waals surface area contributed by atoms with Gasteiger partial charge in [0.1, 0.15) is 24.7 Å². The summed E-state index contributed by atoms with van der Waals surface area (Å²) in [7, 11) is 0. The van der Waals surface area contributed by atoms with Crippen LogP contribution in [0.5, 0.6) is 11.5 Å². The van der Waals surface area contributed by atoms with Gasteiger partial charge in [0.25, 0.3) is 5.91 Å². The van der Waals surface area contributed by atoms with Gasteiger partial charge in [0.05, 0.1) is 17.2 Å². The number of benzene rings is 2. The van der Waals surface area contributed by atoms with Gasteiger partial charge in [0.2, 0.25) is 0 Å². The molecular formula is C16H14N2O3. The number of nitriles is 1. The SMILES string of the molecule is N#Cc1ccc(OCCOc2ccccc2C(N)=O)cc1. The molecule has 0 heterocycles. The Morgan fingerprint density at radius 3 is 2.38 bits per heavy atom. The largest absolute Gasteiger partial charge is 0.490 e. The Balaban J connectivity index is 1.85.